The lowest BCUT2D eigenvalue weighted by Crippen LogP contribution is -2.31. The van der Waals surface area contributed by atoms with Crippen LogP contribution in [0.1, 0.15) is 5.56 Å². The number of rotatable bonds is 9. The molecule has 0 aliphatic carbocycles. The topological polar surface area (TPSA) is 92.8 Å². The van der Waals surface area contributed by atoms with Crippen molar-refractivity contribution in [3.05, 3.63) is 64.4 Å². The first-order valence-corrected chi connectivity index (χ1v) is 8.94. The van der Waals surface area contributed by atoms with Gasteiger partial charge in [0, 0.05) is 36.1 Å². The highest BCUT2D eigenvalue weighted by Gasteiger charge is 2.07. The van der Waals surface area contributed by atoms with Crippen LogP contribution in [0.5, 0.6) is 17.2 Å². The van der Waals surface area contributed by atoms with Crippen molar-refractivity contribution in [1.29, 1.82) is 0 Å². The van der Waals surface area contributed by atoms with Crippen LogP contribution < -0.4 is 25.1 Å². The normalized spacial score (nSPS) is 11.6. The summed E-state index contributed by atoms with van der Waals surface area (Å²) in [5.41, 5.74) is 1.60. The number of halogens is 1. The van der Waals surface area contributed by atoms with Crippen molar-refractivity contribution >= 4 is 23.3 Å². The molecule has 29 heavy (non-hydrogen) atoms. The average Bonchev–Trinajstić information content (AvgIpc) is 2.71. The third-order valence-corrected chi connectivity index (χ3v) is 4.26. The quantitative estimate of drug-likeness (QED) is 0.492. The second-order valence-electron chi connectivity index (χ2n) is 6.39. The number of nitrogens with one attached hydrogen (secondary N) is 2. The number of aliphatic hydroxyl groups excluding tert-OH is 1. The number of hydrogen-bond acceptors (Lipinski definition) is 6. The molecule has 8 heteroatoms. The number of benzene rings is 2. The molecule has 0 spiro atoms. The molecule has 0 radical (unpaired) electrons. The van der Waals surface area contributed by atoms with Gasteiger partial charge in [0.05, 0.1) is 14.2 Å². The van der Waals surface area contributed by atoms with Crippen LogP contribution in [-0.2, 0) is 6.54 Å². The molecule has 1 aromatic heterocycles. The smallest absolute Gasteiger partial charge is 0.248 e. The summed E-state index contributed by atoms with van der Waals surface area (Å²) in [6.45, 7) is 1.09. The van der Waals surface area contributed by atoms with Gasteiger partial charge in [-0.3, -0.25) is 4.79 Å². The molecular weight excluding hydrogens is 396 g/mol. The van der Waals surface area contributed by atoms with E-state index in [0.717, 1.165) is 28.0 Å². The summed E-state index contributed by atoms with van der Waals surface area (Å²) in [4.78, 5) is 14.1. The SMILES string of the molecule is COc1cc(CNCC(O)COc2ccc3[nH]c(=O)ccc3c2)cc(OC)c1.Cl. The van der Waals surface area contributed by atoms with Gasteiger partial charge in [-0.1, -0.05) is 0 Å². The lowest BCUT2D eigenvalue weighted by Gasteiger charge is -2.14. The Morgan fingerprint density at radius 2 is 1.72 bits per heavy atom. The fourth-order valence-electron chi connectivity index (χ4n) is 2.83. The molecule has 7 nitrogen and oxygen atoms in total. The largest absolute Gasteiger partial charge is 0.497 e. The summed E-state index contributed by atoms with van der Waals surface area (Å²) in [7, 11) is 3.22. The Kier molecular flexibility index (Phi) is 8.33. The Hall–Kier alpha value is -2.74. The van der Waals surface area contributed by atoms with Crippen molar-refractivity contribution in [2.45, 2.75) is 12.6 Å². The van der Waals surface area contributed by atoms with Crippen molar-refractivity contribution in [2.75, 3.05) is 27.4 Å². The minimum absolute atomic E-state index is 0. The van der Waals surface area contributed by atoms with Crippen LogP contribution in [-0.4, -0.2) is 43.6 Å². The predicted molar refractivity (Wildman–Crippen MR) is 115 cm³/mol. The van der Waals surface area contributed by atoms with Crippen LogP contribution in [0.2, 0.25) is 0 Å². The Morgan fingerprint density at radius 1 is 1.00 bits per heavy atom. The van der Waals surface area contributed by atoms with Gasteiger partial charge >= 0.3 is 0 Å². The van der Waals surface area contributed by atoms with E-state index in [9.17, 15) is 9.90 Å². The summed E-state index contributed by atoms with van der Waals surface area (Å²) in [5, 5.41) is 14.2. The fraction of sp³-hybridized carbons (Fsp3) is 0.286. The van der Waals surface area contributed by atoms with Crippen molar-refractivity contribution in [1.82, 2.24) is 10.3 Å². The number of aliphatic hydroxyl groups is 1. The molecule has 156 valence electrons. The lowest BCUT2D eigenvalue weighted by molar-refractivity contribution is 0.106. The highest BCUT2D eigenvalue weighted by Crippen LogP contribution is 2.22. The number of pyridine rings is 1. The number of aromatic nitrogens is 1. The van der Waals surface area contributed by atoms with Crippen LogP contribution >= 0.6 is 12.4 Å². The summed E-state index contributed by atoms with van der Waals surface area (Å²) in [6, 6.07) is 14.2. The van der Waals surface area contributed by atoms with Crippen molar-refractivity contribution in [3.8, 4) is 17.2 Å². The monoisotopic (exact) mass is 420 g/mol. The van der Waals surface area contributed by atoms with Crippen molar-refractivity contribution in [3.63, 3.8) is 0 Å². The van der Waals surface area contributed by atoms with E-state index in [0.29, 0.717) is 18.8 Å². The molecule has 0 fully saturated rings. The van der Waals surface area contributed by atoms with Gasteiger partial charge in [-0.05, 0) is 42.0 Å². The van der Waals surface area contributed by atoms with Gasteiger partial charge in [-0.25, -0.2) is 0 Å². The van der Waals surface area contributed by atoms with E-state index in [1.165, 1.54) is 6.07 Å². The molecule has 1 atom stereocenters. The summed E-state index contributed by atoms with van der Waals surface area (Å²) in [6.07, 6.45) is -0.668. The van der Waals surface area contributed by atoms with E-state index in [4.69, 9.17) is 14.2 Å². The third-order valence-electron chi connectivity index (χ3n) is 4.26. The predicted octanol–water partition coefficient (Wildman–Crippen LogP) is 2.50. The molecule has 0 aliphatic rings. The number of aromatic amines is 1. The summed E-state index contributed by atoms with van der Waals surface area (Å²) in [5.74, 6) is 2.08. The molecule has 0 amide bonds. The van der Waals surface area contributed by atoms with E-state index in [-0.39, 0.29) is 24.6 Å². The van der Waals surface area contributed by atoms with E-state index in [1.807, 2.05) is 24.3 Å². The zero-order chi connectivity index (χ0) is 19.9. The molecule has 3 N–H and O–H groups in total. The Morgan fingerprint density at radius 3 is 2.41 bits per heavy atom. The third kappa shape index (κ3) is 6.39. The van der Waals surface area contributed by atoms with Crippen LogP contribution in [0.3, 0.4) is 0 Å². The maximum Gasteiger partial charge on any atom is 0.248 e. The Bertz CT molecular complexity index is 970. The van der Waals surface area contributed by atoms with E-state index in [2.05, 4.69) is 10.3 Å². The first-order chi connectivity index (χ1) is 13.6. The Labute approximate surface area is 175 Å². The molecular formula is C21H25ClN2O5. The summed E-state index contributed by atoms with van der Waals surface area (Å²) >= 11 is 0. The van der Waals surface area contributed by atoms with E-state index >= 15 is 0 Å². The first kappa shape index (κ1) is 22.5. The summed E-state index contributed by atoms with van der Waals surface area (Å²) < 4.78 is 16.2. The second kappa shape index (κ2) is 10.7. The molecule has 0 bridgehead atoms. The van der Waals surface area contributed by atoms with Gasteiger partial charge in [0.2, 0.25) is 5.56 Å². The number of ether oxygens (including phenoxy) is 3. The maximum absolute atomic E-state index is 11.3. The van der Waals surface area contributed by atoms with Gasteiger partial charge in [0.1, 0.15) is 30.0 Å². The number of hydrogen-bond donors (Lipinski definition) is 3. The van der Waals surface area contributed by atoms with Gasteiger partial charge in [0.25, 0.3) is 0 Å². The molecule has 0 saturated heterocycles. The zero-order valence-corrected chi connectivity index (χ0v) is 17.1. The second-order valence-corrected chi connectivity index (χ2v) is 6.39. The zero-order valence-electron chi connectivity index (χ0n) is 16.3. The number of methoxy groups -OCH3 is 2. The van der Waals surface area contributed by atoms with Crippen molar-refractivity contribution in [2.24, 2.45) is 0 Å². The Balaban J connectivity index is 0.00000300. The molecule has 2 aromatic carbocycles. The van der Waals surface area contributed by atoms with Crippen LogP contribution in [0, 0.1) is 0 Å². The van der Waals surface area contributed by atoms with Gasteiger partial charge in [-0.15, -0.1) is 12.4 Å². The maximum atomic E-state index is 11.3. The standard InChI is InChI=1S/C21H24N2O5.ClH/c1-26-18-7-14(8-19(10-18)27-2)11-22-12-16(24)13-28-17-4-5-20-15(9-17)3-6-21(25)23-20;/h3-10,16,22,24H,11-13H2,1-2H3,(H,23,25);1H. The molecule has 3 rings (SSSR count). The molecule has 3 aromatic rings. The van der Waals surface area contributed by atoms with E-state index < -0.39 is 6.10 Å². The highest BCUT2D eigenvalue weighted by atomic mass is 35.5. The van der Waals surface area contributed by atoms with Crippen LogP contribution in [0.4, 0.5) is 0 Å². The number of fused-ring (bicyclic) bond motifs is 1. The van der Waals surface area contributed by atoms with Crippen molar-refractivity contribution < 1.29 is 19.3 Å². The van der Waals surface area contributed by atoms with E-state index in [1.54, 1.807) is 32.4 Å². The average molecular weight is 421 g/mol. The molecule has 1 unspecified atom stereocenters. The van der Waals surface area contributed by atoms with Crippen LogP contribution in [0.25, 0.3) is 10.9 Å². The van der Waals surface area contributed by atoms with Gasteiger partial charge in [0.15, 0.2) is 0 Å². The molecule has 1 heterocycles. The molecule has 0 saturated carbocycles. The fourth-order valence-corrected chi connectivity index (χ4v) is 2.83. The highest BCUT2D eigenvalue weighted by molar-refractivity contribution is 5.85. The minimum Gasteiger partial charge on any atom is -0.497 e. The first-order valence-electron chi connectivity index (χ1n) is 8.94. The number of H-pyrrole nitrogens is 1. The van der Waals surface area contributed by atoms with Gasteiger partial charge in [-0.2, -0.15) is 0 Å². The molecule has 0 aliphatic heterocycles. The minimum atomic E-state index is -0.668. The van der Waals surface area contributed by atoms with Gasteiger partial charge < -0.3 is 29.6 Å². The van der Waals surface area contributed by atoms with Crippen LogP contribution in [0.15, 0.2) is 53.3 Å². The lowest BCUT2D eigenvalue weighted by atomic mass is 10.2.